The molecule has 0 N–H and O–H groups in total. The molecule has 2 aliphatic rings. The highest BCUT2D eigenvalue weighted by atomic mass is 32.1. The predicted molar refractivity (Wildman–Crippen MR) is 222 cm³/mol. The Hall–Kier alpha value is -5.74. The third kappa shape index (κ3) is 4.73. The summed E-state index contributed by atoms with van der Waals surface area (Å²) in [6.45, 7) is 0. The van der Waals surface area contributed by atoms with Gasteiger partial charge in [-0.1, -0.05) is 176 Å². The van der Waals surface area contributed by atoms with Gasteiger partial charge in [-0.15, -0.1) is 11.3 Å². The molecule has 1 aliphatic heterocycles. The number of allylic oxidation sites excluding steroid dienone is 2. The van der Waals surface area contributed by atoms with Gasteiger partial charge < -0.3 is 4.90 Å². The van der Waals surface area contributed by atoms with Crippen molar-refractivity contribution >= 4 is 71.7 Å². The number of rotatable bonds is 6. The molecule has 1 aromatic heterocycles. The van der Waals surface area contributed by atoms with Crippen molar-refractivity contribution in [2.24, 2.45) is 0 Å². The van der Waals surface area contributed by atoms with Crippen LogP contribution in [0, 0.1) is 0 Å². The molecule has 1 aliphatic carbocycles. The van der Waals surface area contributed by atoms with Crippen molar-refractivity contribution in [1.82, 2.24) is 0 Å². The molecule has 0 spiro atoms. The topological polar surface area (TPSA) is 3.24 Å². The minimum Gasteiger partial charge on any atom is -0.333 e. The summed E-state index contributed by atoms with van der Waals surface area (Å²) in [7, 11) is -2.84. The van der Waals surface area contributed by atoms with Crippen LogP contribution >= 0.6 is 11.3 Å². The van der Waals surface area contributed by atoms with Crippen molar-refractivity contribution in [3.8, 4) is 11.1 Å². The molecule has 10 rings (SSSR count). The van der Waals surface area contributed by atoms with Crippen molar-refractivity contribution in [1.29, 1.82) is 0 Å². The summed E-state index contributed by atoms with van der Waals surface area (Å²) in [6, 6.07) is 66.4. The molecule has 2 unspecified atom stereocenters. The van der Waals surface area contributed by atoms with E-state index in [1.807, 2.05) is 11.3 Å². The highest BCUT2D eigenvalue weighted by molar-refractivity contribution is 7.26. The van der Waals surface area contributed by atoms with Crippen LogP contribution in [0.3, 0.4) is 0 Å². The quantitative estimate of drug-likeness (QED) is 0.124. The fourth-order valence-electron chi connectivity index (χ4n) is 8.75. The summed E-state index contributed by atoms with van der Waals surface area (Å²) < 4.78 is 2.68. The fraction of sp³-hybridized carbons (Fsp3) is 0.0417. The number of benzene rings is 7. The van der Waals surface area contributed by atoms with Crippen LogP contribution in [0.25, 0.3) is 31.3 Å². The number of anilines is 2. The van der Waals surface area contributed by atoms with Gasteiger partial charge in [0.2, 0.25) is 0 Å². The number of thiophene rings is 1. The lowest BCUT2D eigenvalue weighted by Gasteiger charge is -2.36. The maximum Gasteiger partial charge on any atom is 0.179 e. The number of para-hydroxylation sites is 1. The van der Waals surface area contributed by atoms with Crippen LogP contribution < -0.4 is 25.6 Å². The highest BCUT2D eigenvalue weighted by Gasteiger charge is 2.43. The zero-order chi connectivity index (χ0) is 33.8. The van der Waals surface area contributed by atoms with E-state index in [1.54, 1.807) is 0 Å². The van der Waals surface area contributed by atoms with Gasteiger partial charge in [-0.3, -0.25) is 0 Å². The van der Waals surface area contributed by atoms with Gasteiger partial charge in [-0.05, 0) is 61.7 Å². The van der Waals surface area contributed by atoms with E-state index < -0.39 is 8.07 Å². The molecule has 0 saturated heterocycles. The third-order valence-electron chi connectivity index (χ3n) is 10.9. The van der Waals surface area contributed by atoms with Gasteiger partial charge in [-0.25, -0.2) is 0 Å². The van der Waals surface area contributed by atoms with Crippen LogP contribution in [0.5, 0.6) is 0 Å². The maximum absolute atomic E-state index is 2.84. The molecular weight excluding hydrogens is 651 g/mol. The summed E-state index contributed by atoms with van der Waals surface area (Å²) in [5.41, 5.74) is 6.49. The molecule has 51 heavy (non-hydrogen) atoms. The van der Waals surface area contributed by atoms with Gasteiger partial charge in [-0.2, -0.15) is 0 Å². The van der Waals surface area contributed by atoms with Gasteiger partial charge in [0.25, 0.3) is 0 Å². The number of hydrogen-bond donors (Lipinski definition) is 0. The zero-order valence-corrected chi connectivity index (χ0v) is 29.9. The lowest BCUT2D eigenvalue weighted by molar-refractivity contribution is 0.745. The first-order chi connectivity index (χ1) is 25.3. The Morgan fingerprint density at radius 2 is 1.12 bits per heavy atom. The predicted octanol–water partition coefficient (Wildman–Crippen LogP) is 9.83. The van der Waals surface area contributed by atoms with E-state index in [9.17, 15) is 0 Å². The van der Waals surface area contributed by atoms with E-state index in [0.717, 1.165) is 0 Å². The first kappa shape index (κ1) is 30.1. The third-order valence-corrected chi connectivity index (χ3v) is 16.9. The van der Waals surface area contributed by atoms with Gasteiger partial charge in [0.15, 0.2) is 8.07 Å². The van der Waals surface area contributed by atoms with Gasteiger partial charge in [0, 0.05) is 37.5 Å². The average molecular weight is 686 g/mol. The van der Waals surface area contributed by atoms with E-state index in [1.165, 1.54) is 69.0 Å². The molecule has 0 bridgehead atoms. The zero-order valence-electron chi connectivity index (χ0n) is 28.1. The van der Waals surface area contributed by atoms with E-state index in [2.05, 4.69) is 205 Å². The second-order valence-corrected chi connectivity index (χ2v) is 18.5. The maximum atomic E-state index is 2.57. The standard InChI is InChI=1S/C48H35NSSi/c1-3-18-36(19-4-1)51(37-20-5-2-6-21-37,38-22-13-16-34(32-38)40-27-15-28-44-43-26-9-12-31-47(43)50-48(40)44)39-23-14-17-35(33-39)49-45-29-10-7-24-41(45)42-25-8-11-30-46(42)49/h1-33,41,45H. The first-order valence-electron chi connectivity index (χ1n) is 17.8. The average Bonchev–Trinajstić information content (AvgIpc) is 3.76. The van der Waals surface area contributed by atoms with E-state index in [-0.39, 0.29) is 6.04 Å². The van der Waals surface area contributed by atoms with Crippen molar-refractivity contribution in [2.45, 2.75) is 12.0 Å². The smallest absolute Gasteiger partial charge is 0.179 e. The molecule has 7 aromatic carbocycles. The molecule has 242 valence electrons. The lowest BCUT2D eigenvalue weighted by atomic mass is 9.91. The summed E-state index contributed by atoms with van der Waals surface area (Å²) in [4.78, 5) is 2.57. The molecule has 3 heteroatoms. The largest absolute Gasteiger partial charge is 0.333 e. The molecule has 0 saturated carbocycles. The van der Waals surface area contributed by atoms with E-state index in [4.69, 9.17) is 0 Å². The molecule has 2 atom stereocenters. The van der Waals surface area contributed by atoms with Crippen LogP contribution in [-0.4, -0.2) is 14.1 Å². The molecule has 8 aromatic rings. The number of hydrogen-bond acceptors (Lipinski definition) is 2. The van der Waals surface area contributed by atoms with Gasteiger partial charge in [0.1, 0.15) is 0 Å². The van der Waals surface area contributed by atoms with Crippen molar-refractivity contribution in [3.05, 3.63) is 206 Å². The SMILES string of the molecule is C1=CC2c3ccccc3N(c3cccc([Si](c4ccccc4)(c4ccccc4)c4cccc(-c5cccc6c5sc5ccccc56)c4)c3)C2C=C1. The second-order valence-electron chi connectivity index (χ2n) is 13.6. The molecular formula is C48H35NSSi. The Kier molecular flexibility index (Phi) is 7.23. The summed E-state index contributed by atoms with van der Waals surface area (Å²) in [5.74, 6) is 0.341. The van der Waals surface area contributed by atoms with Gasteiger partial charge >= 0.3 is 0 Å². The minimum absolute atomic E-state index is 0.247. The van der Waals surface area contributed by atoms with Gasteiger partial charge in [0.05, 0.1) is 6.04 Å². The van der Waals surface area contributed by atoms with Crippen LogP contribution in [0.2, 0.25) is 0 Å². The first-order valence-corrected chi connectivity index (χ1v) is 20.6. The van der Waals surface area contributed by atoms with Crippen LogP contribution in [0.4, 0.5) is 11.4 Å². The van der Waals surface area contributed by atoms with Crippen LogP contribution in [0.15, 0.2) is 200 Å². The van der Waals surface area contributed by atoms with Crippen molar-refractivity contribution in [2.75, 3.05) is 4.90 Å². The second kappa shape index (κ2) is 12.2. The normalized spacial score (nSPS) is 16.4. The lowest BCUT2D eigenvalue weighted by Crippen LogP contribution is -2.74. The summed E-state index contributed by atoms with van der Waals surface area (Å²) in [6.07, 6.45) is 9.14. The highest BCUT2D eigenvalue weighted by Crippen LogP contribution is 2.47. The summed E-state index contributed by atoms with van der Waals surface area (Å²) >= 11 is 1.90. The molecule has 0 amide bonds. The number of fused-ring (bicyclic) bond motifs is 6. The Morgan fingerprint density at radius 1 is 0.490 bits per heavy atom. The Bertz CT molecular complexity index is 2580. The van der Waals surface area contributed by atoms with E-state index >= 15 is 0 Å². The van der Waals surface area contributed by atoms with Crippen molar-refractivity contribution in [3.63, 3.8) is 0 Å². The molecule has 1 nitrogen and oxygen atoms in total. The van der Waals surface area contributed by atoms with Crippen molar-refractivity contribution < 1.29 is 0 Å². The Morgan fingerprint density at radius 3 is 1.94 bits per heavy atom. The summed E-state index contributed by atoms with van der Waals surface area (Å²) in [5, 5.41) is 8.19. The van der Waals surface area contributed by atoms with Crippen LogP contribution in [0.1, 0.15) is 11.5 Å². The Balaban J connectivity index is 1.22. The van der Waals surface area contributed by atoms with E-state index in [0.29, 0.717) is 5.92 Å². The minimum atomic E-state index is -2.84. The number of nitrogens with zero attached hydrogens (tertiary/aromatic N) is 1. The molecule has 0 fully saturated rings. The van der Waals surface area contributed by atoms with Crippen LogP contribution in [-0.2, 0) is 0 Å². The molecule has 0 radical (unpaired) electrons. The molecule has 2 heterocycles. The monoisotopic (exact) mass is 685 g/mol. The Labute approximate surface area is 304 Å². The fourth-order valence-corrected chi connectivity index (χ4v) is 14.8.